The average molecular weight is 845 g/mol. The quantitative estimate of drug-likeness (QED) is 0.162. The number of hydrogen-bond donors (Lipinski definition) is 1. The zero-order valence-electron chi connectivity index (χ0n) is 33.0. The summed E-state index contributed by atoms with van der Waals surface area (Å²) in [5, 5.41) is 8.38. The highest BCUT2D eigenvalue weighted by Crippen LogP contribution is 2.23. The van der Waals surface area contributed by atoms with E-state index < -0.39 is 5.97 Å². The summed E-state index contributed by atoms with van der Waals surface area (Å²) in [7, 11) is 5.96. The molecule has 324 valence electrons. The SMILES string of the molecule is C.C.C.CC.CN1C(=O)c2ccccc2C1=O.CN1C(=O)c2ccccc2C1=O.CN1C(=O)c2ccccc2C1=O.CN1C(=O)c2ccccc2C1=O.O=C(O)c1ccccc1. The Morgan fingerprint density at radius 2 is 0.468 bits per heavy atom. The van der Waals surface area contributed by atoms with Crippen molar-refractivity contribution in [3.63, 3.8) is 0 Å². The summed E-state index contributed by atoms with van der Waals surface area (Å²) < 4.78 is 0. The van der Waals surface area contributed by atoms with Gasteiger partial charge in [0.2, 0.25) is 0 Å². The van der Waals surface area contributed by atoms with Gasteiger partial charge in [-0.1, -0.05) is 103 Å². The predicted octanol–water partition coefficient (Wildman–Crippen LogP) is 7.97. The first-order valence-corrected chi connectivity index (χ1v) is 18.1. The van der Waals surface area contributed by atoms with Crippen LogP contribution in [0.4, 0.5) is 0 Å². The third kappa shape index (κ3) is 10.8. The average Bonchev–Trinajstić information content (AvgIpc) is 3.83. The molecular formula is C48H52N4O10. The number of imide groups is 4. The predicted molar refractivity (Wildman–Crippen MR) is 236 cm³/mol. The van der Waals surface area contributed by atoms with Gasteiger partial charge in [0.25, 0.3) is 47.3 Å². The number of aromatic carboxylic acids is 1. The standard InChI is InChI=1S/4C9H7NO2.C7H6O2.C2H6.3CH4/c4*1-10-8(11)6-4-2-3-5-7(6)9(10)12;8-7(9)6-4-2-1-3-5-6;1-2;;;/h4*2-5H,1H3;1-5H,(H,8,9);1-2H3;3*1H4. The van der Waals surface area contributed by atoms with Crippen molar-refractivity contribution in [3.05, 3.63) is 177 Å². The van der Waals surface area contributed by atoms with E-state index in [0.717, 1.165) is 19.6 Å². The summed E-state index contributed by atoms with van der Waals surface area (Å²) in [5.74, 6) is -2.58. The molecule has 14 heteroatoms. The molecule has 5 aromatic rings. The molecule has 0 bridgehead atoms. The Labute approximate surface area is 362 Å². The van der Waals surface area contributed by atoms with E-state index in [1.165, 1.54) is 28.2 Å². The Morgan fingerprint density at radius 3 is 0.597 bits per heavy atom. The van der Waals surface area contributed by atoms with E-state index in [1.54, 1.807) is 127 Å². The van der Waals surface area contributed by atoms with Crippen LogP contribution >= 0.6 is 0 Å². The van der Waals surface area contributed by atoms with Crippen LogP contribution in [0.3, 0.4) is 0 Å². The molecule has 9 rings (SSSR count). The second kappa shape index (κ2) is 23.1. The minimum Gasteiger partial charge on any atom is -0.478 e. The van der Waals surface area contributed by atoms with Gasteiger partial charge < -0.3 is 5.11 Å². The number of hydrogen-bond acceptors (Lipinski definition) is 9. The third-order valence-electron chi connectivity index (χ3n) is 9.01. The molecule has 0 aromatic heterocycles. The highest BCUT2D eigenvalue weighted by Gasteiger charge is 2.34. The smallest absolute Gasteiger partial charge is 0.335 e. The second-order valence-electron chi connectivity index (χ2n) is 12.5. The Bertz CT molecular complexity index is 2050. The van der Waals surface area contributed by atoms with Gasteiger partial charge in [-0.3, -0.25) is 58.0 Å². The first-order chi connectivity index (χ1) is 28.2. The van der Waals surface area contributed by atoms with Gasteiger partial charge in [-0.2, -0.15) is 0 Å². The zero-order valence-corrected chi connectivity index (χ0v) is 33.0. The van der Waals surface area contributed by atoms with Gasteiger partial charge in [0.1, 0.15) is 0 Å². The topological polar surface area (TPSA) is 187 Å². The van der Waals surface area contributed by atoms with Crippen LogP contribution in [0, 0.1) is 0 Å². The normalized spacial score (nSPS) is 13.2. The molecule has 0 saturated heterocycles. The molecule has 14 nitrogen and oxygen atoms in total. The fourth-order valence-electron chi connectivity index (χ4n) is 5.82. The van der Waals surface area contributed by atoms with Crippen LogP contribution in [0.15, 0.2) is 127 Å². The maximum atomic E-state index is 11.3. The summed E-state index contributed by atoms with van der Waals surface area (Å²) in [4.78, 5) is 105. The number of carboxylic acids is 1. The van der Waals surface area contributed by atoms with E-state index in [-0.39, 0.29) is 69.5 Å². The van der Waals surface area contributed by atoms with Crippen LogP contribution in [-0.4, -0.2) is 106 Å². The lowest BCUT2D eigenvalue weighted by molar-refractivity contribution is 0.0678. The lowest BCUT2D eigenvalue weighted by Gasteiger charge is -2.02. The van der Waals surface area contributed by atoms with Crippen molar-refractivity contribution in [2.45, 2.75) is 36.1 Å². The maximum Gasteiger partial charge on any atom is 0.335 e. The molecule has 8 amide bonds. The van der Waals surface area contributed by atoms with Crippen molar-refractivity contribution in [3.8, 4) is 0 Å². The molecule has 4 heterocycles. The number of carboxylic acid groups (broad SMARTS) is 1. The van der Waals surface area contributed by atoms with Gasteiger partial charge in [0.15, 0.2) is 0 Å². The van der Waals surface area contributed by atoms with Crippen molar-refractivity contribution in [2.75, 3.05) is 28.2 Å². The fraction of sp³-hybridized carbons (Fsp3) is 0.188. The molecular weight excluding hydrogens is 793 g/mol. The van der Waals surface area contributed by atoms with Crippen molar-refractivity contribution in [1.29, 1.82) is 0 Å². The zero-order chi connectivity index (χ0) is 43.6. The van der Waals surface area contributed by atoms with Gasteiger partial charge in [-0.15, -0.1) is 0 Å². The molecule has 0 spiro atoms. The van der Waals surface area contributed by atoms with Crippen LogP contribution in [0.25, 0.3) is 0 Å². The molecule has 0 fully saturated rings. The second-order valence-corrected chi connectivity index (χ2v) is 12.5. The third-order valence-corrected chi connectivity index (χ3v) is 9.01. The number of nitrogens with zero attached hydrogens (tertiary/aromatic N) is 4. The van der Waals surface area contributed by atoms with Crippen molar-refractivity contribution < 1.29 is 48.3 Å². The molecule has 4 aliphatic rings. The first-order valence-electron chi connectivity index (χ1n) is 18.1. The van der Waals surface area contributed by atoms with Gasteiger partial charge >= 0.3 is 5.97 Å². The monoisotopic (exact) mass is 844 g/mol. The molecule has 5 aromatic carbocycles. The minimum atomic E-state index is -0.879. The number of benzene rings is 5. The van der Waals surface area contributed by atoms with E-state index in [0.29, 0.717) is 50.1 Å². The van der Waals surface area contributed by atoms with E-state index in [2.05, 4.69) is 0 Å². The van der Waals surface area contributed by atoms with E-state index in [9.17, 15) is 43.2 Å². The first kappa shape index (κ1) is 52.1. The molecule has 0 aliphatic carbocycles. The Kier molecular flexibility index (Phi) is 19.4. The number of amides is 8. The highest BCUT2D eigenvalue weighted by atomic mass is 16.4. The van der Waals surface area contributed by atoms with Crippen LogP contribution in [-0.2, 0) is 0 Å². The molecule has 0 radical (unpaired) electrons. The van der Waals surface area contributed by atoms with Gasteiger partial charge in [0, 0.05) is 28.2 Å². The number of carbonyl (C=O) groups excluding carboxylic acids is 8. The number of rotatable bonds is 1. The minimum absolute atomic E-state index is 0. The lowest BCUT2D eigenvalue weighted by Crippen LogP contribution is -2.24. The van der Waals surface area contributed by atoms with E-state index >= 15 is 0 Å². The molecule has 0 unspecified atom stereocenters. The highest BCUT2D eigenvalue weighted by molar-refractivity contribution is 6.23. The largest absolute Gasteiger partial charge is 0.478 e. The van der Waals surface area contributed by atoms with Crippen LogP contribution in [0.2, 0.25) is 0 Å². The van der Waals surface area contributed by atoms with Gasteiger partial charge in [0.05, 0.1) is 50.1 Å². The van der Waals surface area contributed by atoms with Crippen molar-refractivity contribution in [2.24, 2.45) is 0 Å². The molecule has 1 N–H and O–H groups in total. The Morgan fingerprint density at radius 1 is 0.323 bits per heavy atom. The molecule has 0 atom stereocenters. The van der Waals surface area contributed by atoms with Gasteiger partial charge in [-0.05, 0) is 60.7 Å². The summed E-state index contributed by atoms with van der Waals surface area (Å²) in [6.07, 6.45) is 0. The number of fused-ring (bicyclic) bond motifs is 4. The summed E-state index contributed by atoms with van der Waals surface area (Å²) in [6, 6.07) is 35.6. The van der Waals surface area contributed by atoms with Crippen LogP contribution in [0.1, 0.15) is 129 Å². The lowest BCUT2D eigenvalue weighted by atomic mass is 10.1. The molecule has 0 saturated carbocycles. The number of carbonyl (C=O) groups is 9. The van der Waals surface area contributed by atoms with Crippen molar-refractivity contribution >= 4 is 53.2 Å². The van der Waals surface area contributed by atoms with Crippen molar-refractivity contribution in [1.82, 2.24) is 19.6 Å². The summed E-state index contributed by atoms with van der Waals surface area (Å²) in [6.45, 7) is 4.00. The fourth-order valence-corrected chi connectivity index (χ4v) is 5.82. The van der Waals surface area contributed by atoms with Crippen LogP contribution in [0.5, 0.6) is 0 Å². The van der Waals surface area contributed by atoms with E-state index in [1.807, 2.05) is 13.8 Å². The molecule has 62 heavy (non-hydrogen) atoms. The van der Waals surface area contributed by atoms with E-state index in [4.69, 9.17) is 5.11 Å². The Hall–Kier alpha value is -7.87. The molecule has 4 aliphatic heterocycles. The summed E-state index contributed by atoms with van der Waals surface area (Å²) in [5.41, 5.74) is 4.37. The summed E-state index contributed by atoms with van der Waals surface area (Å²) >= 11 is 0. The van der Waals surface area contributed by atoms with Gasteiger partial charge in [-0.25, -0.2) is 4.79 Å². The maximum absolute atomic E-state index is 11.3. The Balaban J connectivity index is 0.000000380. The van der Waals surface area contributed by atoms with Crippen LogP contribution < -0.4 is 0 Å².